The molecule has 9 fully saturated rings. The van der Waals surface area contributed by atoms with E-state index in [-0.39, 0.29) is 46.0 Å². The zero-order valence-electron chi connectivity index (χ0n) is 49.8. The molecule has 488 valence electrons. The summed E-state index contributed by atoms with van der Waals surface area (Å²) in [5.74, 6) is -0.520. The number of aliphatic hydroxyl groups excluding tert-OH is 15. The van der Waals surface area contributed by atoms with Crippen LogP contribution in [0.25, 0.3) is 0 Å². The Morgan fingerprint density at radius 3 is 1.80 bits per heavy atom. The fourth-order valence-corrected chi connectivity index (χ4v) is 17.6. The van der Waals surface area contributed by atoms with Crippen LogP contribution in [0.1, 0.15) is 120 Å². The number of aliphatic hydroxyl groups is 15. The van der Waals surface area contributed by atoms with Crippen molar-refractivity contribution in [2.75, 3.05) is 26.4 Å². The van der Waals surface area contributed by atoms with Crippen LogP contribution in [0.3, 0.4) is 0 Å². The highest BCUT2D eigenvalue weighted by Crippen LogP contribution is 2.76. The Labute approximate surface area is 494 Å². The molecule has 4 saturated carbocycles. The lowest BCUT2D eigenvalue weighted by molar-refractivity contribution is -0.367. The van der Waals surface area contributed by atoms with Crippen LogP contribution in [-0.2, 0) is 52.2 Å². The quantitative estimate of drug-likeness (QED) is 0.0513. The van der Waals surface area contributed by atoms with Crippen molar-refractivity contribution in [3.05, 3.63) is 11.6 Å². The minimum atomic E-state index is -1.89. The third-order valence-electron chi connectivity index (χ3n) is 23.1. The molecular weight excluding hydrogens is 1120 g/mol. The maximum atomic E-state index is 15.2. The summed E-state index contributed by atoms with van der Waals surface area (Å²) >= 11 is 0. The Hall–Kier alpha value is -1.75. The van der Waals surface area contributed by atoms with Crippen LogP contribution in [0.2, 0.25) is 0 Å². The molecule has 0 radical (unpaired) electrons. The molecule has 26 nitrogen and oxygen atoms in total. The van der Waals surface area contributed by atoms with Gasteiger partial charge < -0.3 is 124 Å². The van der Waals surface area contributed by atoms with E-state index in [1.807, 2.05) is 0 Å². The van der Waals surface area contributed by atoms with E-state index in [0.29, 0.717) is 38.5 Å². The molecule has 0 aromatic carbocycles. The van der Waals surface area contributed by atoms with Crippen LogP contribution in [0, 0.1) is 50.2 Å². The van der Waals surface area contributed by atoms with Crippen molar-refractivity contribution in [3.8, 4) is 0 Å². The van der Waals surface area contributed by atoms with Crippen LogP contribution >= 0.6 is 0 Å². The molecule has 26 heteroatoms. The SMILES string of the molecule is C[C@@H]1O[C@@H](O[C@H]2[C@H](O)[C@@H](O)[C@H](OC[C@H]3O[C@@H](OC(=O)[C@]45CCC(C)(C)C[C@H]4C4=CC[C@@H]6[C@@]7(C)CC[C@H](O[C@H]8OC[C@@H](O)[C@@H](O)[C@@H]8O[C@@H]8O[C@H](CO)[C@@H](O)[C@H](O)[C@H]8O)C(C)(C)[C@@H]7CC[C@@]6(C)[C@]4(C)CC5)[C@H](O)[C@@H](O)[C@@H]3O)O[C@@H]2CO)[C@H](O)[C@H](O)[C@H]1O. The van der Waals surface area contributed by atoms with E-state index >= 15 is 4.79 Å². The van der Waals surface area contributed by atoms with Gasteiger partial charge in [-0.1, -0.05) is 60.1 Å². The largest absolute Gasteiger partial charge is 0.432 e. The topological polar surface area (TPSA) is 413 Å². The van der Waals surface area contributed by atoms with E-state index in [2.05, 4.69) is 54.5 Å². The van der Waals surface area contributed by atoms with Gasteiger partial charge in [0, 0.05) is 0 Å². The molecule has 0 unspecified atom stereocenters. The first-order valence-corrected chi connectivity index (χ1v) is 30.6. The maximum absolute atomic E-state index is 15.2. The standard InChI is InChI=1S/C59H96O26/c1-24-34(63)38(67)42(71)49(78-24)83-46-29(21-61)80-48(45(74)41(46)70)77-23-30-37(66)40(69)44(73)51(81-30)85-53(75)59-17-15-54(2,3)19-26(59)25-9-10-32-56(6)13-12-33(55(4,5)31(56)11-14-58(32,8)57(25,7)16-18-59)82-52-47(35(64)27(62)22-76-52)84-50-43(72)39(68)36(65)28(20-60)79-50/h9,24,26-52,60-74H,10-23H2,1-8H3/t24-,26-,27+,28+,29+,30+,31-,32+,33-,34-,35+,36+,37+,38+,39-,40-,41+,42+,43+,44+,45+,46+,47-,48+,49-,50-,51-,52+,56-,57+,58+,59-/m0/s1. The summed E-state index contributed by atoms with van der Waals surface area (Å²) in [6.45, 7) is 15.0. The molecule has 5 aliphatic heterocycles. The number of carbonyl (C=O) groups is 1. The molecule has 85 heavy (non-hydrogen) atoms. The minimum Gasteiger partial charge on any atom is -0.432 e. The molecule has 32 atom stereocenters. The van der Waals surface area contributed by atoms with E-state index in [1.54, 1.807) is 0 Å². The molecule has 0 amide bonds. The van der Waals surface area contributed by atoms with Gasteiger partial charge in [-0.15, -0.1) is 0 Å². The zero-order valence-corrected chi connectivity index (χ0v) is 49.8. The minimum absolute atomic E-state index is 0.141. The molecule has 5 heterocycles. The number of rotatable bonds is 13. The van der Waals surface area contributed by atoms with Gasteiger partial charge in [0.15, 0.2) is 25.2 Å². The first kappa shape index (κ1) is 66.2. The Bertz CT molecular complexity index is 2360. The Morgan fingerprint density at radius 2 is 1.13 bits per heavy atom. The van der Waals surface area contributed by atoms with E-state index < -0.39 is 190 Å². The molecule has 10 aliphatic rings. The predicted octanol–water partition coefficient (Wildman–Crippen LogP) is -2.54. The van der Waals surface area contributed by atoms with Crippen LogP contribution in [-0.4, -0.2) is 263 Å². The van der Waals surface area contributed by atoms with Gasteiger partial charge in [0.2, 0.25) is 6.29 Å². The second kappa shape index (κ2) is 24.4. The summed E-state index contributed by atoms with van der Waals surface area (Å²) < 4.78 is 59.4. The molecule has 15 N–H and O–H groups in total. The summed E-state index contributed by atoms with van der Waals surface area (Å²) in [5, 5.41) is 161. The average molecular weight is 1220 g/mol. The monoisotopic (exact) mass is 1220 g/mol. The van der Waals surface area contributed by atoms with Crippen LogP contribution in [0.5, 0.6) is 0 Å². The predicted molar refractivity (Wildman–Crippen MR) is 288 cm³/mol. The Kier molecular flexibility index (Phi) is 19.0. The van der Waals surface area contributed by atoms with Crippen LogP contribution in [0.4, 0.5) is 0 Å². The number of hydrogen-bond donors (Lipinski definition) is 15. The number of carbonyl (C=O) groups excluding carboxylic acids is 1. The average Bonchev–Trinajstić information content (AvgIpc) is 0.699. The van der Waals surface area contributed by atoms with Gasteiger partial charge in [-0.25, -0.2) is 0 Å². The normalized spacial score (nSPS) is 54.1. The van der Waals surface area contributed by atoms with Crippen molar-refractivity contribution in [2.24, 2.45) is 50.2 Å². The van der Waals surface area contributed by atoms with Crippen molar-refractivity contribution in [2.45, 2.75) is 273 Å². The fourth-order valence-electron chi connectivity index (χ4n) is 17.6. The first-order chi connectivity index (χ1) is 39.8. The summed E-state index contributed by atoms with van der Waals surface area (Å²) in [4.78, 5) is 15.2. The van der Waals surface area contributed by atoms with Crippen molar-refractivity contribution < 1.29 is 129 Å². The number of fused-ring (bicyclic) bond motifs is 7. The van der Waals surface area contributed by atoms with Crippen LogP contribution < -0.4 is 0 Å². The van der Waals surface area contributed by atoms with Gasteiger partial charge in [-0.3, -0.25) is 4.79 Å². The van der Waals surface area contributed by atoms with E-state index in [0.717, 1.165) is 25.7 Å². The maximum Gasteiger partial charge on any atom is 0.315 e. The van der Waals surface area contributed by atoms with E-state index in [4.69, 9.17) is 47.4 Å². The Morgan fingerprint density at radius 1 is 0.553 bits per heavy atom. The molecule has 5 aliphatic carbocycles. The van der Waals surface area contributed by atoms with Crippen molar-refractivity contribution in [1.29, 1.82) is 0 Å². The van der Waals surface area contributed by atoms with Gasteiger partial charge >= 0.3 is 5.97 Å². The molecule has 0 aromatic heterocycles. The second-order valence-corrected chi connectivity index (χ2v) is 28.7. The number of allylic oxidation sites excluding steroid dienone is 2. The molecule has 0 spiro atoms. The lowest BCUT2D eigenvalue weighted by Gasteiger charge is -2.71. The summed E-state index contributed by atoms with van der Waals surface area (Å²) in [7, 11) is 0. The van der Waals surface area contributed by atoms with Crippen molar-refractivity contribution in [1.82, 2.24) is 0 Å². The summed E-state index contributed by atoms with van der Waals surface area (Å²) in [6.07, 6.45) is -29.5. The second-order valence-electron chi connectivity index (χ2n) is 28.7. The van der Waals surface area contributed by atoms with Crippen LogP contribution in [0.15, 0.2) is 11.6 Å². The van der Waals surface area contributed by atoms with Gasteiger partial charge in [0.1, 0.15) is 110 Å². The number of hydrogen-bond acceptors (Lipinski definition) is 26. The number of esters is 1. The van der Waals surface area contributed by atoms with Gasteiger partial charge in [-0.2, -0.15) is 0 Å². The van der Waals surface area contributed by atoms with Gasteiger partial charge in [0.05, 0.1) is 44.1 Å². The zero-order chi connectivity index (χ0) is 62.0. The lowest BCUT2D eigenvalue weighted by atomic mass is 9.33. The fraction of sp³-hybridized carbons (Fsp3) is 0.949. The highest BCUT2D eigenvalue weighted by Gasteiger charge is 2.70. The van der Waals surface area contributed by atoms with Gasteiger partial charge in [0.25, 0.3) is 0 Å². The smallest absolute Gasteiger partial charge is 0.315 e. The third-order valence-corrected chi connectivity index (χ3v) is 23.1. The van der Waals surface area contributed by atoms with E-state index in [1.165, 1.54) is 12.5 Å². The molecule has 10 rings (SSSR count). The van der Waals surface area contributed by atoms with E-state index in [9.17, 15) is 76.6 Å². The molecule has 5 saturated heterocycles. The highest BCUT2D eigenvalue weighted by molar-refractivity contribution is 5.79. The summed E-state index contributed by atoms with van der Waals surface area (Å²) in [5.41, 5.74) is -1.25. The van der Waals surface area contributed by atoms with Crippen molar-refractivity contribution >= 4 is 5.97 Å². The third kappa shape index (κ3) is 11.2. The molecule has 0 bridgehead atoms. The van der Waals surface area contributed by atoms with Gasteiger partial charge in [-0.05, 0) is 116 Å². The summed E-state index contributed by atoms with van der Waals surface area (Å²) in [6, 6.07) is 0. The first-order valence-electron chi connectivity index (χ1n) is 30.6. The highest BCUT2D eigenvalue weighted by atomic mass is 16.8. The Balaban J connectivity index is 0.824. The lowest BCUT2D eigenvalue weighted by Crippen LogP contribution is -2.66. The van der Waals surface area contributed by atoms with Crippen molar-refractivity contribution in [3.63, 3.8) is 0 Å². The number of ether oxygens (including phenoxy) is 10. The molecule has 0 aromatic rings. The molecular formula is C59H96O26.